The van der Waals surface area contributed by atoms with Gasteiger partial charge in [0.05, 0.1) is 0 Å². The first kappa shape index (κ1) is 82.6. The fourth-order valence-corrected chi connectivity index (χ4v) is 20.5. The third-order valence-electron chi connectivity index (χ3n) is 29.2. The Kier molecular flexibility index (Phi) is 20.4. The van der Waals surface area contributed by atoms with Crippen LogP contribution in [0, 0.1) is 0 Å². The van der Waals surface area contributed by atoms with Crippen LogP contribution in [0.2, 0.25) is 0 Å². The van der Waals surface area contributed by atoms with Gasteiger partial charge < -0.3 is 4.42 Å². The molecule has 0 unspecified atom stereocenters. The lowest BCUT2D eigenvalue weighted by Gasteiger charge is -2.49. The lowest BCUT2D eigenvalue weighted by molar-refractivity contribution is 0.300. The van der Waals surface area contributed by atoms with E-state index in [1.54, 1.807) is 0 Å². The van der Waals surface area contributed by atoms with E-state index < -0.39 is 0 Å². The third-order valence-corrected chi connectivity index (χ3v) is 29.2. The molecule has 0 bridgehead atoms. The van der Waals surface area contributed by atoms with Crippen LogP contribution in [-0.2, 0) is 32.5 Å². The molecule has 0 saturated heterocycles. The van der Waals surface area contributed by atoms with E-state index >= 15 is 0 Å². The molecule has 20 aromatic rings. The van der Waals surface area contributed by atoms with Gasteiger partial charge in [0, 0.05) is 77.1 Å². The molecular weight excluding hydrogens is 1600 g/mol. The van der Waals surface area contributed by atoms with Gasteiger partial charge in [0.25, 0.3) is 0 Å². The summed E-state index contributed by atoms with van der Waals surface area (Å²) in [5.41, 5.74) is 30.4. The molecule has 0 N–H and O–H groups in total. The van der Waals surface area contributed by atoms with Crippen LogP contribution >= 0.6 is 0 Å². The molecule has 634 valence electrons. The normalized spacial score (nSPS) is 14.6. The zero-order valence-corrected chi connectivity index (χ0v) is 75.8. The predicted octanol–water partition coefficient (Wildman–Crippen LogP) is 30.7. The number of rotatable bonds is 11. The van der Waals surface area contributed by atoms with Gasteiger partial charge in [-0.15, -0.1) is 0 Å². The van der Waals surface area contributed by atoms with Gasteiger partial charge in [0.1, 0.15) is 11.2 Å². The van der Waals surface area contributed by atoms with Gasteiger partial charge in [-0.1, -0.05) is 441 Å². The standard InChI is InChI=1S/C43H35N3.C39H31N3O.C39H33N3/c1-42(2)37-25-14-13-22-34(37)35-24-15-23-33(38(35)43(42,3)4)31-26-30-20-11-12-21-32(30)36(27-31)41-45-39(28-16-7-5-8-17-28)44-40(46-41)29-18-9-6-10-19-29;1-38(2)30-21-10-8-16-25(30)26-18-12-20-29(34(26)39(38,3)4)37-41-35(24-14-6-5-7-15-24)40-36(42-37)28-19-13-23-32-33(28)27-17-9-11-22-31(27)43-32;1-38(2)33-25-14-13-21-29(33)31-24-15-23-30(34(31)39(38,3)4)28-20-11-12-22-32(28)37-41-35(26-16-7-5-8-17-26)40-36(42-37)27-18-9-6-10-19-27/h5-27H,1-4H3;5-23H,1-4H3;5-25H,1-4H3. The number of hydrogen-bond acceptors (Lipinski definition) is 10. The van der Waals surface area contributed by atoms with Gasteiger partial charge in [0.15, 0.2) is 52.4 Å². The molecule has 0 saturated carbocycles. The number of aromatic nitrogens is 9. The quantitative estimate of drug-likeness (QED) is 0.123. The molecule has 23 rings (SSSR count). The van der Waals surface area contributed by atoms with Crippen molar-refractivity contribution < 1.29 is 4.42 Å². The van der Waals surface area contributed by atoms with Gasteiger partial charge in [-0.3, -0.25) is 0 Å². The van der Waals surface area contributed by atoms with Crippen molar-refractivity contribution in [3.8, 4) is 158 Å². The average Bonchev–Trinajstić information content (AvgIpc) is 1.50. The van der Waals surface area contributed by atoms with Crippen molar-refractivity contribution in [3.05, 3.63) is 416 Å². The molecule has 3 aliphatic rings. The highest BCUT2D eigenvalue weighted by Crippen LogP contribution is 2.60. The second kappa shape index (κ2) is 32.4. The summed E-state index contributed by atoms with van der Waals surface area (Å²) in [6.07, 6.45) is 0. The van der Waals surface area contributed by atoms with Gasteiger partial charge >= 0.3 is 0 Å². The van der Waals surface area contributed by atoms with E-state index in [-0.39, 0.29) is 32.5 Å². The minimum atomic E-state index is -0.201. The average molecular weight is 1700 g/mol. The molecule has 0 aliphatic heterocycles. The predicted molar refractivity (Wildman–Crippen MR) is 539 cm³/mol. The topological polar surface area (TPSA) is 129 Å². The smallest absolute Gasteiger partial charge is 0.164 e. The van der Waals surface area contributed by atoms with E-state index in [1.807, 2.05) is 121 Å². The Bertz CT molecular complexity index is 7710. The number of hydrogen-bond donors (Lipinski definition) is 0. The number of para-hydroxylation sites is 1. The molecule has 4 aromatic heterocycles. The molecular formula is C121H99N9O. The first-order chi connectivity index (χ1) is 63.5. The summed E-state index contributed by atoms with van der Waals surface area (Å²) in [6, 6.07) is 133. The summed E-state index contributed by atoms with van der Waals surface area (Å²) >= 11 is 0. The van der Waals surface area contributed by atoms with Crippen LogP contribution in [0.3, 0.4) is 0 Å². The summed E-state index contributed by atoms with van der Waals surface area (Å²) in [4.78, 5) is 45.8. The molecule has 0 radical (unpaired) electrons. The largest absolute Gasteiger partial charge is 0.456 e. The van der Waals surface area contributed by atoms with Gasteiger partial charge in [-0.25, -0.2) is 44.9 Å². The Morgan fingerprint density at radius 3 is 0.870 bits per heavy atom. The monoisotopic (exact) mass is 1690 g/mol. The SMILES string of the molecule is CC1(C)c2ccccc2-c2cccc(-c3cc(-c4nc(-c5ccccc5)nc(-c5ccccc5)n4)c4ccccc4c3)c2C1(C)C.CC1(C)c2ccccc2-c2cccc(-c3ccccc3-c3nc(-c4ccccc4)nc(-c4ccccc4)n3)c2C1(C)C.CC1(C)c2ccccc2-c2cccc(-c3nc(-c4ccccc4)nc(-c4cccc5oc6ccccc6c45)n3)c2C1(C)C. The van der Waals surface area contributed by atoms with Crippen molar-refractivity contribution in [1.82, 2.24) is 44.9 Å². The van der Waals surface area contributed by atoms with Crippen LogP contribution in [0.5, 0.6) is 0 Å². The van der Waals surface area contributed by atoms with Crippen molar-refractivity contribution >= 4 is 32.7 Å². The number of fused-ring (bicyclic) bond motifs is 13. The molecule has 131 heavy (non-hydrogen) atoms. The Labute approximate surface area is 766 Å². The maximum Gasteiger partial charge on any atom is 0.164 e. The van der Waals surface area contributed by atoms with Crippen LogP contribution in [0.4, 0.5) is 0 Å². The molecule has 10 nitrogen and oxygen atoms in total. The maximum absolute atomic E-state index is 6.23. The van der Waals surface area contributed by atoms with E-state index in [0.717, 1.165) is 93.9 Å². The van der Waals surface area contributed by atoms with Crippen molar-refractivity contribution in [2.24, 2.45) is 0 Å². The van der Waals surface area contributed by atoms with Crippen molar-refractivity contribution in [1.29, 1.82) is 0 Å². The molecule has 3 aliphatic carbocycles. The van der Waals surface area contributed by atoms with E-state index in [4.69, 9.17) is 49.3 Å². The lowest BCUT2D eigenvalue weighted by atomic mass is 9.54. The van der Waals surface area contributed by atoms with Crippen molar-refractivity contribution in [3.63, 3.8) is 0 Å². The fourth-order valence-electron chi connectivity index (χ4n) is 20.5. The Morgan fingerprint density at radius 2 is 0.435 bits per heavy atom. The summed E-state index contributed by atoms with van der Waals surface area (Å²) < 4.78 is 6.23. The maximum atomic E-state index is 6.23. The number of nitrogens with zero attached hydrogens (tertiary/aromatic N) is 9. The minimum Gasteiger partial charge on any atom is -0.456 e. The van der Waals surface area contributed by atoms with Crippen LogP contribution in [0.25, 0.3) is 191 Å². The Balaban J connectivity index is 0.000000119. The molecule has 4 heterocycles. The Morgan fingerprint density at radius 1 is 0.168 bits per heavy atom. The zero-order chi connectivity index (χ0) is 89.7. The highest BCUT2D eigenvalue weighted by Gasteiger charge is 2.50. The van der Waals surface area contributed by atoms with Crippen LogP contribution in [0.15, 0.2) is 387 Å². The van der Waals surface area contributed by atoms with Gasteiger partial charge in [-0.2, -0.15) is 0 Å². The summed E-state index contributed by atoms with van der Waals surface area (Å²) in [6.45, 7) is 28.5. The molecule has 16 aromatic carbocycles. The number of benzene rings is 16. The van der Waals surface area contributed by atoms with E-state index in [2.05, 4.69) is 344 Å². The lowest BCUT2D eigenvalue weighted by Crippen LogP contribution is -2.44. The second-order valence-corrected chi connectivity index (χ2v) is 37.9. The van der Waals surface area contributed by atoms with Crippen molar-refractivity contribution in [2.45, 2.75) is 116 Å². The third kappa shape index (κ3) is 14.1. The van der Waals surface area contributed by atoms with E-state index in [1.165, 1.54) is 77.9 Å². The molecule has 10 heteroatoms. The fraction of sp³-hybridized carbons (Fsp3) is 0.149. The minimum absolute atomic E-state index is 0.0736. The first-order valence-corrected chi connectivity index (χ1v) is 45.3. The Hall–Kier alpha value is -15.4. The summed E-state index contributed by atoms with van der Waals surface area (Å²) in [5.74, 6) is 5.95. The molecule has 0 spiro atoms. The molecule has 0 fully saturated rings. The second-order valence-electron chi connectivity index (χ2n) is 37.9. The van der Waals surface area contributed by atoms with Gasteiger partial charge in [-0.05, 0) is 140 Å². The van der Waals surface area contributed by atoms with Crippen molar-refractivity contribution in [2.75, 3.05) is 0 Å². The van der Waals surface area contributed by atoms with E-state index in [9.17, 15) is 0 Å². The van der Waals surface area contributed by atoms with Crippen LogP contribution < -0.4 is 0 Å². The van der Waals surface area contributed by atoms with E-state index in [0.29, 0.717) is 52.4 Å². The highest BCUT2D eigenvalue weighted by molar-refractivity contribution is 6.12. The first-order valence-electron chi connectivity index (χ1n) is 45.3. The van der Waals surface area contributed by atoms with Crippen LogP contribution in [0.1, 0.15) is 116 Å². The summed E-state index contributed by atoms with van der Waals surface area (Å²) in [5, 5.41) is 4.33. The molecule has 0 amide bonds. The molecule has 0 atom stereocenters. The van der Waals surface area contributed by atoms with Crippen LogP contribution in [-0.4, -0.2) is 44.9 Å². The number of furan rings is 1. The summed E-state index contributed by atoms with van der Waals surface area (Å²) in [7, 11) is 0. The van der Waals surface area contributed by atoms with Gasteiger partial charge in [0.2, 0.25) is 0 Å². The zero-order valence-electron chi connectivity index (χ0n) is 75.8. The highest BCUT2D eigenvalue weighted by atomic mass is 16.3.